The van der Waals surface area contributed by atoms with Gasteiger partial charge in [0.2, 0.25) is 12.5 Å². The topological polar surface area (TPSA) is 80.0 Å². The number of alkyl halides is 2. The molecule has 0 spiro atoms. The van der Waals surface area contributed by atoms with Gasteiger partial charge in [0.25, 0.3) is 0 Å². The van der Waals surface area contributed by atoms with E-state index in [4.69, 9.17) is 19.9 Å². The van der Waals surface area contributed by atoms with Crippen LogP contribution in [0.4, 0.5) is 8.78 Å². The molecular formula is C13H16ClF2NO5. The van der Waals surface area contributed by atoms with E-state index < -0.39 is 17.9 Å². The lowest BCUT2D eigenvalue weighted by atomic mass is 10.0. The number of methoxy groups -OCH3 is 1. The maximum atomic E-state index is 14.0. The Bertz CT molecular complexity index is 555. The number of esters is 1. The third kappa shape index (κ3) is 3.17. The quantitative estimate of drug-likeness (QED) is 0.827. The Morgan fingerprint density at radius 1 is 1.45 bits per heavy atom. The first-order chi connectivity index (χ1) is 9.91. The van der Waals surface area contributed by atoms with Gasteiger partial charge >= 0.3 is 11.9 Å². The fourth-order valence-corrected chi connectivity index (χ4v) is 1.89. The van der Waals surface area contributed by atoms with Gasteiger partial charge in [-0.15, -0.1) is 12.4 Å². The van der Waals surface area contributed by atoms with Crippen LogP contribution in [0.5, 0.6) is 17.2 Å². The second kappa shape index (κ2) is 6.97. The van der Waals surface area contributed by atoms with Crippen molar-refractivity contribution >= 4 is 18.4 Å². The molecule has 0 unspecified atom stereocenters. The highest BCUT2D eigenvalue weighted by atomic mass is 35.5. The van der Waals surface area contributed by atoms with Crippen LogP contribution in [0.25, 0.3) is 0 Å². The lowest BCUT2D eigenvalue weighted by Gasteiger charge is -2.22. The van der Waals surface area contributed by atoms with Crippen LogP contribution >= 0.6 is 12.4 Å². The molecule has 2 rings (SSSR count). The molecule has 1 atom stereocenters. The minimum absolute atomic E-state index is 0. The summed E-state index contributed by atoms with van der Waals surface area (Å²) in [5, 5.41) is 0. The molecule has 22 heavy (non-hydrogen) atoms. The van der Waals surface area contributed by atoms with Crippen molar-refractivity contribution in [3.8, 4) is 17.2 Å². The summed E-state index contributed by atoms with van der Waals surface area (Å²) in [6.45, 7) is 1.23. The maximum absolute atomic E-state index is 14.0. The SMILES string of the molecule is CCOC(=O)C(F)(F)[C@@H](N)c1cc(OC)c2c(c1)OCO2.Cl. The first kappa shape index (κ1) is 18.2. The van der Waals surface area contributed by atoms with E-state index in [0.29, 0.717) is 5.75 Å². The lowest BCUT2D eigenvalue weighted by molar-refractivity contribution is -0.174. The van der Waals surface area contributed by atoms with E-state index in [-0.39, 0.29) is 42.9 Å². The van der Waals surface area contributed by atoms with Crippen LogP contribution in [-0.4, -0.2) is 32.4 Å². The van der Waals surface area contributed by atoms with Crippen molar-refractivity contribution in [3.05, 3.63) is 17.7 Å². The van der Waals surface area contributed by atoms with Crippen LogP contribution in [0.1, 0.15) is 18.5 Å². The number of carbonyl (C=O) groups excluding carboxylic acids is 1. The fourth-order valence-electron chi connectivity index (χ4n) is 1.89. The molecule has 0 aromatic heterocycles. The lowest BCUT2D eigenvalue weighted by Crippen LogP contribution is -2.41. The van der Waals surface area contributed by atoms with Crippen molar-refractivity contribution in [1.29, 1.82) is 0 Å². The smallest absolute Gasteiger partial charge is 0.379 e. The van der Waals surface area contributed by atoms with E-state index in [1.165, 1.54) is 26.2 Å². The molecule has 1 aliphatic rings. The summed E-state index contributed by atoms with van der Waals surface area (Å²) >= 11 is 0. The van der Waals surface area contributed by atoms with Gasteiger partial charge in [-0.3, -0.25) is 0 Å². The molecule has 0 aliphatic carbocycles. The molecule has 6 nitrogen and oxygen atoms in total. The number of benzene rings is 1. The molecule has 1 aromatic rings. The van der Waals surface area contributed by atoms with Gasteiger partial charge in [-0.2, -0.15) is 8.78 Å². The van der Waals surface area contributed by atoms with Crippen LogP contribution in [-0.2, 0) is 9.53 Å². The van der Waals surface area contributed by atoms with Crippen LogP contribution in [0.3, 0.4) is 0 Å². The van der Waals surface area contributed by atoms with Crippen molar-refractivity contribution in [2.45, 2.75) is 18.9 Å². The van der Waals surface area contributed by atoms with Gasteiger partial charge in [-0.1, -0.05) is 0 Å². The van der Waals surface area contributed by atoms with Crippen LogP contribution in [0.15, 0.2) is 12.1 Å². The fraction of sp³-hybridized carbons (Fsp3) is 0.462. The molecular weight excluding hydrogens is 324 g/mol. The van der Waals surface area contributed by atoms with Gasteiger partial charge < -0.3 is 24.7 Å². The molecule has 1 heterocycles. The number of hydrogen-bond acceptors (Lipinski definition) is 6. The maximum Gasteiger partial charge on any atom is 0.379 e. The van der Waals surface area contributed by atoms with E-state index in [1.807, 2.05) is 0 Å². The second-order valence-electron chi connectivity index (χ2n) is 4.28. The summed E-state index contributed by atoms with van der Waals surface area (Å²) in [7, 11) is 1.36. The largest absolute Gasteiger partial charge is 0.493 e. The van der Waals surface area contributed by atoms with Crippen molar-refractivity contribution in [2.75, 3.05) is 20.5 Å². The third-order valence-electron chi connectivity index (χ3n) is 2.98. The minimum atomic E-state index is -3.87. The minimum Gasteiger partial charge on any atom is -0.493 e. The Balaban J connectivity index is 0.00000242. The molecule has 2 N–H and O–H groups in total. The van der Waals surface area contributed by atoms with Gasteiger partial charge in [0, 0.05) is 0 Å². The Labute approximate surface area is 131 Å². The first-order valence-electron chi connectivity index (χ1n) is 6.20. The van der Waals surface area contributed by atoms with Gasteiger partial charge in [-0.05, 0) is 24.6 Å². The number of ether oxygens (including phenoxy) is 4. The Morgan fingerprint density at radius 2 is 2.14 bits per heavy atom. The molecule has 9 heteroatoms. The van der Waals surface area contributed by atoms with Crippen molar-refractivity contribution < 1.29 is 32.5 Å². The molecule has 124 valence electrons. The second-order valence-corrected chi connectivity index (χ2v) is 4.28. The zero-order chi connectivity index (χ0) is 15.6. The third-order valence-corrected chi connectivity index (χ3v) is 2.98. The van der Waals surface area contributed by atoms with E-state index in [2.05, 4.69) is 4.74 Å². The Kier molecular flexibility index (Phi) is 5.78. The summed E-state index contributed by atoms with van der Waals surface area (Å²) in [5.74, 6) is -4.79. The summed E-state index contributed by atoms with van der Waals surface area (Å²) in [4.78, 5) is 11.3. The molecule has 1 aliphatic heterocycles. The highest BCUT2D eigenvalue weighted by molar-refractivity contribution is 5.85. The van der Waals surface area contributed by atoms with Crippen molar-refractivity contribution in [1.82, 2.24) is 0 Å². The number of rotatable bonds is 5. The normalized spacial score (nSPS) is 14.0. The van der Waals surface area contributed by atoms with Crippen molar-refractivity contribution in [3.63, 3.8) is 0 Å². The van der Waals surface area contributed by atoms with Gasteiger partial charge in [-0.25, -0.2) is 4.79 Å². The molecule has 0 saturated carbocycles. The highest BCUT2D eigenvalue weighted by Gasteiger charge is 2.48. The number of halogens is 3. The standard InChI is InChI=1S/C13H15F2NO5.ClH/c1-3-19-12(17)13(14,15)11(16)7-4-8(18-2)10-9(5-7)20-6-21-10;/h4-5,11H,3,6,16H2,1-2H3;1H/t11-;/m0./s1. The van der Waals surface area contributed by atoms with E-state index in [1.54, 1.807) is 0 Å². The Morgan fingerprint density at radius 3 is 2.73 bits per heavy atom. The summed E-state index contributed by atoms with van der Waals surface area (Å²) in [6.07, 6.45) is 0. The number of fused-ring (bicyclic) bond motifs is 1. The summed E-state index contributed by atoms with van der Waals surface area (Å²) in [5.41, 5.74) is 5.50. The monoisotopic (exact) mass is 339 g/mol. The zero-order valence-corrected chi connectivity index (χ0v) is 12.7. The van der Waals surface area contributed by atoms with E-state index >= 15 is 0 Å². The van der Waals surface area contributed by atoms with E-state index in [9.17, 15) is 13.6 Å². The van der Waals surface area contributed by atoms with Gasteiger partial charge in [0.1, 0.15) is 6.04 Å². The van der Waals surface area contributed by atoms with Crippen LogP contribution in [0.2, 0.25) is 0 Å². The molecule has 1 aromatic carbocycles. The number of hydrogen-bond donors (Lipinski definition) is 1. The predicted octanol–water partition coefficient (Wildman–Crippen LogP) is 2.04. The number of carbonyl (C=O) groups is 1. The summed E-state index contributed by atoms with van der Waals surface area (Å²) < 4.78 is 47.6. The molecule has 0 amide bonds. The molecule has 0 radical (unpaired) electrons. The average molecular weight is 340 g/mol. The molecule has 0 fully saturated rings. The van der Waals surface area contributed by atoms with Crippen LogP contribution < -0.4 is 19.9 Å². The number of nitrogens with two attached hydrogens (primary N) is 1. The van der Waals surface area contributed by atoms with Crippen molar-refractivity contribution in [2.24, 2.45) is 5.73 Å². The van der Waals surface area contributed by atoms with Crippen LogP contribution in [0, 0.1) is 0 Å². The average Bonchev–Trinajstić information content (AvgIpc) is 2.93. The molecule has 0 saturated heterocycles. The first-order valence-corrected chi connectivity index (χ1v) is 6.20. The highest BCUT2D eigenvalue weighted by Crippen LogP contribution is 2.44. The summed E-state index contributed by atoms with van der Waals surface area (Å²) in [6, 6.07) is 0.688. The van der Waals surface area contributed by atoms with Gasteiger partial charge in [0.15, 0.2) is 11.5 Å². The van der Waals surface area contributed by atoms with E-state index in [0.717, 1.165) is 0 Å². The Hall–Kier alpha value is -1.80. The van der Waals surface area contributed by atoms with Gasteiger partial charge in [0.05, 0.1) is 13.7 Å². The predicted molar refractivity (Wildman–Crippen MR) is 74.9 cm³/mol. The zero-order valence-electron chi connectivity index (χ0n) is 11.9. The molecule has 0 bridgehead atoms.